The average Bonchev–Trinajstić information content (AvgIpc) is 3.28. The molecular weight excluding hydrogens is 394 g/mol. The lowest BCUT2D eigenvalue weighted by Crippen LogP contribution is -2.28. The minimum Gasteiger partial charge on any atom is -0.494 e. The first kappa shape index (κ1) is 21.0. The maximum absolute atomic E-state index is 12.6. The van der Waals surface area contributed by atoms with E-state index in [2.05, 4.69) is 0 Å². The molecule has 29 heavy (non-hydrogen) atoms. The lowest BCUT2D eigenvalue weighted by Gasteiger charge is -2.15. The molecule has 2 aromatic rings. The molecule has 0 N–H and O–H groups in total. The molecule has 0 spiro atoms. The fourth-order valence-corrected chi connectivity index (χ4v) is 4.63. The van der Waals surface area contributed by atoms with Crippen molar-refractivity contribution < 1.29 is 27.5 Å². The van der Waals surface area contributed by atoms with Crippen molar-refractivity contribution in [2.45, 2.75) is 24.7 Å². The zero-order chi connectivity index (χ0) is 20.9. The van der Waals surface area contributed by atoms with Crippen LogP contribution in [0.3, 0.4) is 0 Å². The highest BCUT2D eigenvalue weighted by Crippen LogP contribution is 2.22. The topological polar surface area (TPSA) is 90.0 Å². The Morgan fingerprint density at radius 1 is 1.00 bits per heavy atom. The molecule has 1 saturated heterocycles. The molecule has 1 heterocycles. The summed E-state index contributed by atoms with van der Waals surface area (Å²) in [7, 11) is -3.63. The standard InChI is InChI=1S/C21H23NO6S/c1-2-27-18-10-8-16(9-11-18)20(23)15-28-21(24)17-6-5-7-19(14-17)29(25,26)22-12-3-4-13-22/h5-11,14H,2-4,12-13,15H2,1H3. The first-order valence-corrected chi connectivity index (χ1v) is 10.9. The average molecular weight is 417 g/mol. The van der Waals surface area contributed by atoms with Gasteiger partial charge in [0, 0.05) is 18.7 Å². The summed E-state index contributed by atoms with van der Waals surface area (Å²) in [5.74, 6) is -0.456. The molecule has 1 aliphatic rings. The molecule has 0 amide bonds. The number of benzene rings is 2. The van der Waals surface area contributed by atoms with Crippen molar-refractivity contribution in [3.63, 3.8) is 0 Å². The van der Waals surface area contributed by atoms with E-state index in [1.165, 1.54) is 28.6 Å². The van der Waals surface area contributed by atoms with Gasteiger partial charge in [0.05, 0.1) is 17.1 Å². The zero-order valence-corrected chi connectivity index (χ0v) is 17.0. The van der Waals surface area contributed by atoms with E-state index in [0.717, 1.165) is 12.8 Å². The second-order valence-electron chi connectivity index (χ2n) is 6.60. The van der Waals surface area contributed by atoms with Crippen LogP contribution in [0.15, 0.2) is 53.4 Å². The van der Waals surface area contributed by atoms with E-state index in [9.17, 15) is 18.0 Å². The van der Waals surface area contributed by atoms with Crippen molar-refractivity contribution in [1.82, 2.24) is 4.31 Å². The molecular formula is C21H23NO6S. The number of rotatable bonds is 8. The fourth-order valence-electron chi connectivity index (χ4n) is 3.06. The molecule has 3 rings (SSSR count). The Hall–Kier alpha value is -2.71. The Morgan fingerprint density at radius 2 is 1.69 bits per heavy atom. The second kappa shape index (κ2) is 9.19. The van der Waals surface area contributed by atoms with Gasteiger partial charge >= 0.3 is 5.97 Å². The number of hydrogen-bond acceptors (Lipinski definition) is 6. The summed E-state index contributed by atoms with van der Waals surface area (Å²) in [6, 6.07) is 12.2. The highest BCUT2D eigenvalue weighted by molar-refractivity contribution is 7.89. The van der Waals surface area contributed by atoms with E-state index in [4.69, 9.17) is 9.47 Å². The van der Waals surface area contributed by atoms with Crippen LogP contribution < -0.4 is 4.74 Å². The number of Topliss-reactive ketones (excluding diaryl/α,β-unsaturated/α-hetero) is 1. The molecule has 2 aromatic carbocycles. The minimum atomic E-state index is -3.63. The Morgan fingerprint density at radius 3 is 2.34 bits per heavy atom. The SMILES string of the molecule is CCOc1ccc(C(=O)COC(=O)c2cccc(S(=O)(=O)N3CCCC3)c2)cc1. The van der Waals surface area contributed by atoms with Gasteiger partial charge in [-0.1, -0.05) is 6.07 Å². The second-order valence-corrected chi connectivity index (χ2v) is 8.53. The third kappa shape index (κ3) is 5.02. The van der Waals surface area contributed by atoms with Gasteiger partial charge in [-0.2, -0.15) is 4.31 Å². The van der Waals surface area contributed by atoms with E-state index in [1.54, 1.807) is 24.3 Å². The van der Waals surface area contributed by atoms with E-state index in [1.807, 2.05) is 6.92 Å². The van der Waals surface area contributed by atoms with Gasteiger partial charge in [0.2, 0.25) is 10.0 Å². The summed E-state index contributed by atoms with van der Waals surface area (Å²) in [5, 5.41) is 0. The quantitative estimate of drug-likeness (QED) is 0.485. The van der Waals surface area contributed by atoms with Crippen LogP contribution in [-0.2, 0) is 14.8 Å². The molecule has 0 aliphatic carbocycles. The first-order chi connectivity index (χ1) is 13.9. The molecule has 0 unspecified atom stereocenters. The van der Waals surface area contributed by atoms with Crippen LogP contribution in [0.2, 0.25) is 0 Å². The number of carbonyl (C=O) groups excluding carboxylic acids is 2. The summed E-state index contributed by atoms with van der Waals surface area (Å²) in [5.41, 5.74) is 0.483. The monoisotopic (exact) mass is 417 g/mol. The first-order valence-electron chi connectivity index (χ1n) is 9.45. The smallest absolute Gasteiger partial charge is 0.338 e. The Kier molecular flexibility index (Phi) is 6.66. The maximum atomic E-state index is 12.6. The number of esters is 1. The summed E-state index contributed by atoms with van der Waals surface area (Å²) in [6.07, 6.45) is 1.66. The van der Waals surface area contributed by atoms with E-state index >= 15 is 0 Å². The predicted octanol–water partition coefficient (Wildman–Crippen LogP) is 2.91. The van der Waals surface area contributed by atoms with Crippen LogP contribution in [0.25, 0.3) is 0 Å². The predicted molar refractivity (Wildman–Crippen MR) is 107 cm³/mol. The third-order valence-electron chi connectivity index (χ3n) is 4.59. The summed E-state index contributed by atoms with van der Waals surface area (Å²) in [4.78, 5) is 24.6. The molecule has 1 aliphatic heterocycles. The van der Waals surface area contributed by atoms with Crippen LogP contribution in [0.5, 0.6) is 5.75 Å². The number of sulfonamides is 1. The van der Waals surface area contributed by atoms with Crippen molar-refractivity contribution in [2.24, 2.45) is 0 Å². The molecule has 0 atom stereocenters. The minimum absolute atomic E-state index is 0.0479. The van der Waals surface area contributed by atoms with Gasteiger partial charge in [0.25, 0.3) is 0 Å². The van der Waals surface area contributed by atoms with Gasteiger partial charge < -0.3 is 9.47 Å². The molecule has 154 valence electrons. The lowest BCUT2D eigenvalue weighted by atomic mass is 10.1. The van der Waals surface area contributed by atoms with E-state index < -0.39 is 22.6 Å². The molecule has 0 radical (unpaired) electrons. The van der Waals surface area contributed by atoms with E-state index in [0.29, 0.717) is 31.0 Å². The molecule has 0 bridgehead atoms. The number of carbonyl (C=O) groups is 2. The summed E-state index contributed by atoms with van der Waals surface area (Å²) >= 11 is 0. The highest BCUT2D eigenvalue weighted by Gasteiger charge is 2.27. The van der Waals surface area contributed by atoms with Gasteiger partial charge in [0.1, 0.15) is 5.75 Å². The van der Waals surface area contributed by atoms with Gasteiger partial charge in [0.15, 0.2) is 12.4 Å². The molecule has 1 fully saturated rings. The summed E-state index contributed by atoms with van der Waals surface area (Å²) < 4.78 is 37.1. The molecule has 0 aromatic heterocycles. The van der Waals surface area contributed by atoms with Crippen LogP contribution in [0.1, 0.15) is 40.5 Å². The number of hydrogen-bond donors (Lipinski definition) is 0. The molecule has 0 saturated carbocycles. The van der Waals surface area contributed by atoms with Crippen molar-refractivity contribution >= 4 is 21.8 Å². The molecule has 8 heteroatoms. The number of nitrogens with zero attached hydrogens (tertiary/aromatic N) is 1. The normalized spacial score (nSPS) is 14.5. The van der Waals surface area contributed by atoms with Crippen molar-refractivity contribution in [2.75, 3.05) is 26.3 Å². The van der Waals surface area contributed by atoms with E-state index in [-0.39, 0.29) is 16.2 Å². The van der Waals surface area contributed by atoms with Gasteiger partial charge in [-0.15, -0.1) is 0 Å². The lowest BCUT2D eigenvalue weighted by molar-refractivity contribution is 0.0474. The number of ether oxygens (including phenoxy) is 2. The van der Waals surface area contributed by atoms with Crippen molar-refractivity contribution in [3.05, 3.63) is 59.7 Å². The summed E-state index contributed by atoms with van der Waals surface area (Å²) in [6.45, 7) is 2.92. The van der Waals surface area contributed by atoms with Crippen LogP contribution in [0.4, 0.5) is 0 Å². The third-order valence-corrected chi connectivity index (χ3v) is 6.49. The van der Waals surface area contributed by atoms with Crippen LogP contribution >= 0.6 is 0 Å². The largest absolute Gasteiger partial charge is 0.494 e. The fraction of sp³-hybridized carbons (Fsp3) is 0.333. The Balaban J connectivity index is 1.64. The van der Waals surface area contributed by atoms with Crippen molar-refractivity contribution in [3.8, 4) is 5.75 Å². The Labute approximate surface area is 170 Å². The van der Waals surface area contributed by atoms with Gasteiger partial charge in [-0.3, -0.25) is 4.79 Å². The number of ketones is 1. The Bertz CT molecular complexity index is 978. The zero-order valence-electron chi connectivity index (χ0n) is 16.2. The van der Waals surface area contributed by atoms with Crippen LogP contribution in [0, 0.1) is 0 Å². The maximum Gasteiger partial charge on any atom is 0.338 e. The van der Waals surface area contributed by atoms with Gasteiger partial charge in [-0.05, 0) is 62.2 Å². The molecule has 7 nitrogen and oxygen atoms in total. The van der Waals surface area contributed by atoms with Crippen LogP contribution in [-0.4, -0.2) is 50.8 Å². The highest BCUT2D eigenvalue weighted by atomic mass is 32.2. The van der Waals surface area contributed by atoms with Gasteiger partial charge in [-0.25, -0.2) is 13.2 Å². The van der Waals surface area contributed by atoms with Crippen molar-refractivity contribution in [1.29, 1.82) is 0 Å².